The van der Waals surface area contributed by atoms with Crippen LogP contribution in [0.2, 0.25) is 4.34 Å². The summed E-state index contributed by atoms with van der Waals surface area (Å²) in [6.45, 7) is 4.81. The molecule has 0 saturated heterocycles. The first-order chi connectivity index (χ1) is 15.6. The monoisotopic (exact) mass is 483 g/mol. The van der Waals surface area contributed by atoms with Gasteiger partial charge in [0.1, 0.15) is 0 Å². The Labute approximate surface area is 199 Å². The van der Waals surface area contributed by atoms with Gasteiger partial charge in [-0.2, -0.15) is 0 Å². The van der Waals surface area contributed by atoms with Gasteiger partial charge in [-0.3, -0.25) is 9.36 Å². The number of thiophene rings is 1. The number of nitrogens with zero attached hydrogens (tertiary/aromatic N) is 4. The van der Waals surface area contributed by atoms with Gasteiger partial charge in [0.15, 0.2) is 11.0 Å². The summed E-state index contributed by atoms with van der Waals surface area (Å²) < 4.78 is 2.92. The summed E-state index contributed by atoms with van der Waals surface area (Å²) in [7, 11) is 0. The minimum atomic E-state index is 0.0402. The molecule has 1 aliphatic carbocycles. The number of aromatic amines is 1. The van der Waals surface area contributed by atoms with Crippen LogP contribution in [0.5, 0.6) is 0 Å². The lowest BCUT2D eigenvalue weighted by Crippen LogP contribution is -2.31. The van der Waals surface area contributed by atoms with Gasteiger partial charge < -0.3 is 9.88 Å². The molecule has 4 aromatic rings. The number of hydrogen-bond acceptors (Lipinski definition) is 5. The van der Waals surface area contributed by atoms with Crippen LogP contribution in [0.15, 0.2) is 60.4 Å². The molecule has 1 fully saturated rings. The zero-order valence-electron chi connectivity index (χ0n) is 17.3. The van der Waals surface area contributed by atoms with Gasteiger partial charge in [0.05, 0.1) is 16.6 Å². The van der Waals surface area contributed by atoms with Crippen molar-refractivity contribution in [1.29, 1.82) is 0 Å². The molecule has 1 aromatic carbocycles. The smallest absolute Gasteiger partial charge is 0.233 e. The second kappa shape index (κ2) is 9.13. The van der Waals surface area contributed by atoms with Gasteiger partial charge in [-0.25, -0.2) is 0 Å². The molecule has 1 saturated carbocycles. The minimum absolute atomic E-state index is 0.0402. The highest BCUT2D eigenvalue weighted by Crippen LogP contribution is 2.42. The lowest BCUT2D eigenvalue weighted by atomic mass is 10.1. The van der Waals surface area contributed by atoms with E-state index >= 15 is 0 Å². The van der Waals surface area contributed by atoms with Crippen molar-refractivity contribution in [2.45, 2.75) is 30.6 Å². The third kappa shape index (κ3) is 4.35. The number of carbonyl (C=O) groups excluding carboxylic acids is 1. The molecule has 1 aliphatic rings. The van der Waals surface area contributed by atoms with Crippen LogP contribution in [-0.2, 0) is 11.3 Å². The van der Waals surface area contributed by atoms with Crippen molar-refractivity contribution >= 4 is 51.5 Å². The molecule has 6 nitrogen and oxygen atoms in total. The van der Waals surface area contributed by atoms with Crippen LogP contribution in [0.25, 0.3) is 22.3 Å². The fourth-order valence-corrected chi connectivity index (χ4v) is 5.74. The molecule has 0 bridgehead atoms. The molecule has 32 heavy (non-hydrogen) atoms. The minimum Gasteiger partial charge on any atom is -0.360 e. The molecular weight excluding hydrogens is 462 g/mol. The third-order valence-corrected chi connectivity index (χ3v) is 7.55. The van der Waals surface area contributed by atoms with Crippen molar-refractivity contribution in [1.82, 2.24) is 24.6 Å². The van der Waals surface area contributed by atoms with Gasteiger partial charge in [-0.1, -0.05) is 47.6 Å². The van der Waals surface area contributed by atoms with Crippen LogP contribution in [0.4, 0.5) is 0 Å². The predicted octanol–water partition coefficient (Wildman–Crippen LogP) is 5.78. The lowest BCUT2D eigenvalue weighted by Gasteiger charge is -2.20. The number of nitrogens with one attached hydrogen (secondary N) is 1. The molecule has 3 heterocycles. The highest BCUT2D eigenvalue weighted by Gasteiger charge is 2.31. The number of thioether (sulfide) groups is 1. The molecule has 1 amide bonds. The van der Waals surface area contributed by atoms with Crippen LogP contribution in [0, 0.1) is 0 Å². The molecule has 0 unspecified atom stereocenters. The number of halogens is 1. The number of hydrogen-bond donors (Lipinski definition) is 1. The first kappa shape index (κ1) is 21.3. The highest BCUT2D eigenvalue weighted by molar-refractivity contribution is 7.99. The Hall–Kier alpha value is -2.55. The van der Waals surface area contributed by atoms with Gasteiger partial charge in [-0.05, 0) is 31.0 Å². The fourth-order valence-electron chi connectivity index (χ4n) is 3.73. The van der Waals surface area contributed by atoms with Crippen LogP contribution in [0.3, 0.4) is 0 Å². The highest BCUT2D eigenvalue weighted by atomic mass is 35.5. The van der Waals surface area contributed by atoms with Crippen LogP contribution >= 0.6 is 34.7 Å². The Bertz CT molecular complexity index is 1270. The summed E-state index contributed by atoms with van der Waals surface area (Å²) in [6.07, 6.45) is 5.96. The molecule has 5 rings (SSSR count). The molecule has 0 radical (unpaired) electrons. The van der Waals surface area contributed by atoms with Gasteiger partial charge >= 0.3 is 0 Å². The zero-order chi connectivity index (χ0) is 22.1. The number of rotatable bonds is 9. The van der Waals surface area contributed by atoms with E-state index in [9.17, 15) is 4.79 Å². The number of fused-ring (bicyclic) bond motifs is 1. The summed E-state index contributed by atoms with van der Waals surface area (Å²) in [5.41, 5.74) is 2.12. The average molecular weight is 484 g/mol. The van der Waals surface area contributed by atoms with Crippen LogP contribution < -0.4 is 0 Å². The molecule has 0 aliphatic heterocycles. The first-order valence-corrected chi connectivity index (χ1v) is 12.6. The number of aromatic nitrogens is 4. The van der Waals surface area contributed by atoms with Crippen molar-refractivity contribution in [3.05, 3.63) is 64.5 Å². The number of para-hydroxylation sites is 1. The third-order valence-electron chi connectivity index (χ3n) is 5.41. The molecule has 3 aromatic heterocycles. The summed E-state index contributed by atoms with van der Waals surface area (Å²) >= 11 is 8.99. The van der Waals surface area contributed by atoms with E-state index in [0.29, 0.717) is 24.9 Å². The predicted molar refractivity (Wildman–Crippen MR) is 131 cm³/mol. The van der Waals surface area contributed by atoms with Gasteiger partial charge in [-0.15, -0.1) is 28.1 Å². The Morgan fingerprint density at radius 1 is 1.31 bits per heavy atom. The number of amides is 1. The van der Waals surface area contributed by atoms with Crippen molar-refractivity contribution in [3.63, 3.8) is 0 Å². The van der Waals surface area contributed by atoms with Crippen LogP contribution in [0.1, 0.15) is 23.8 Å². The van der Waals surface area contributed by atoms with Gasteiger partial charge in [0.25, 0.3) is 0 Å². The zero-order valence-corrected chi connectivity index (χ0v) is 19.7. The molecule has 1 N–H and O–H groups in total. The maximum Gasteiger partial charge on any atom is 0.233 e. The van der Waals surface area contributed by atoms with Crippen molar-refractivity contribution in [2.24, 2.45) is 0 Å². The largest absolute Gasteiger partial charge is 0.360 e. The summed E-state index contributed by atoms with van der Waals surface area (Å²) in [4.78, 5) is 19.2. The topological polar surface area (TPSA) is 66.8 Å². The van der Waals surface area contributed by atoms with E-state index in [1.54, 1.807) is 11.0 Å². The molecule has 0 spiro atoms. The Morgan fingerprint density at radius 3 is 2.91 bits per heavy atom. The number of H-pyrrole nitrogens is 1. The number of benzene rings is 1. The average Bonchev–Trinajstić information content (AvgIpc) is 3.20. The van der Waals surface area contributed by atoms with E-state index < -0.39 is 0 Å². The van der Waals surface area contributed by atoms with E-state index in [-0.39, 0.29) is 5.91 Å². The van der Waals surface area contributed by atoms with Gasteiger partial charge in [0.2, 0.25) is 5.91 Å². The maximum absolute atomic E-state index is 13.0. The van der Waals surface area contributed by atoms with Gasteiger partial charge in [0, 0.05) is 40.1 Å². The molecular formula is C23H22ClN5OS2. The SMILES string of the molecule is C=CCN(Cc1ccc(Cl)s1)C(=O)CSc1nnc(-c2c[nH]c3ccccc23)n1C1CC1. The fraction of sp³-hybridized carbons (Fsp3) is 0.261. The molecule has 164 valence electrons. The Balaban J connectivity index is 1.35. The summed E-state index contributed by atoms with van der Waals surface area (Å²) in [5, 5.41) is 10.9. The van der Waals surface area contributed by atoms with Crippen molar-refractivity contribution in [2.75, 3.05) is 12.3 Å². The first-order valence-electron chi connectivity index (χ1n) is 10.4. The van der Waals surface area contributed by atoms with Crippen molar-refractivity contribution in [3.8, 4) is 11.4 Å². The quantitative estimate of drug-likeness (QED) is 0.242. The van der Waals surface area contributed by atoms with E-state index in [2.05, 4.69) is 38.5 Å². The lowest BCUT2D eigenvalue weighted by molar-refractivity contribution is -0.128. The summed E-state index contributed by atoms with van der Waals surface area (Å²) in [6, 6.07) is 12.4. The summed E-state index contributed by atoms with van der Waals surface area (Å²) in [5.74, 6) is 1.19. The molecule has 0 atom stereocenters. The van der Waals surface area contributed by atoms with Crippen LogP contribution in [-0.4, -0.2) is 42.9 Å². The standard InChI is InChI=1S/C23H22ClN5OS2/c1-2-11-28(13-16-9-10-20(24)32-16)21(30)14-31-23-27-26-22(29(23)15-7-8-15)18-12-25-19-6-4-3-5-17(18)19/h2-6,9-10,12,15,25H,1,7-8,11,13-14H2. The Kier molecular flexibility index (Phi) is 6.08. The van der Waals surface area contributed by atoms with E-state index in [0.717, 1.165) is 49.5 Å². The van der Waals surface area contributed by atoms with E-state index in [4.69, 9.17) is 11.6 Å². The normalized spacial score (nSPS) is 13.5. The number of carbonyl (C=O) groups is 1. The molecule has 9 heteroatoms. The van der Waals surface area contributed by atoms with Crippen molar-refractivity contribution < 1.29 is 4.79 Å². The Morgan fingerprint density at radius 2 is 2.16 bits per heavy atom. The second-order valence-electron chi connectivity index (χ2n) is 7.71. The second-order valence-corrected chi connectivity index (χ2v) is 10.5. The maximum atomic E-state index is 13.0. The van der Waals surface area contributed by atoms with E-state index in [1.807, 2.05) is 30.5 Å². The van der Waals surface area contributed by atoms with E-state index in [1.165, 1.54) is 23.1 Å².